The van der Waals surface area contributed by atoms with Gasteiger partial charge in [0, 0.05) is 0 Å². The molecular weight excluding hydrogens is 302 g/mol. The van der Waals surface area contributed by atoms with Crippen molar-refractivity contribution in [2.45, 2.75) is 18.7 Å². The Hall–Kier alpha value is -2.00. The highest BCUT2D eigenvalue weighted by atomic mass is 32.2. The third kappa shape index (κ3) is 2.78. The van der Waals surface area contributed by atoms with Gasteiger partial charge in [0.15, 0.2) is 0 Å². The topological polar surface area (TPSA) is 109 Å². The summed E-state index contributed by atoms with van der Waals surface area (Å²) in [6.07, 6.45) is 0. The summed E-state index contributed by atoms with van der Waals surface area (Å²) in [5, 5.41) is 17.2. The molecule has 7 nitrogen and oxygen atoms in total. The first kappa shape index (κ1) is 14.4. The zero-order chi connectivity index (χ0) is 14.9. The Labute approximate surface area is 119 Å². The summed E-state index contributed by atoms with van der Waals surface area (Å²) in [5.74, 6) is -1.17. The zero-order valence-electron chi connectivity index (χ0n) is 10.6. The smallest absolute Gasteiger partial charge is 0.335 e. The molecule has 1 aromatic heterocycles. The second kappa shape index (κ2) is 5.17. The van der Waals surface area contributed by atoms with Crippen LogP contribution in [-0.2, 0) is 10.0 Å². The molecule has 0 spiro atoms. The first-order chi connectivity index (χ1) is 9.31. The van der Waals surface area contributed by atoms with E-state index < -0.39 is 16.0 Å². The van der Waals surface area contributed by atoms with Crippen molar-refractivity contribution in [3.05, 3.63) is 34.3 Å². The number of aromatic carboxylic acids is 1. The highest BCUT2D eigenvalue weighted by molar-refractivity contribution is 7.93. The number of carboxylic acids is 1. The fourth-order valence-corrected chi connectivity index (χ4v) is 3.74. The van der Waals surface area contributed by atoms with E-state index in [1.54, 1.807) is 6.92 Å². The Morgan fingerprint density at radius 3 is 2.55 bits per heavy atom. The summed E-state index contributed by atoms with van der Waals surface area (Å²) in [5.41, 5.74) is 0.120. The maximum atomic E-state index is 12.2. The Kier molecular flexibility index (Phi) is 3.73. The normalized spacial score (nSPS) is 11.3. The Morgan fingerprint density at radius 2 is 2.00 bits per heavy atom. The molecule has 0 fully saturated rings. The Balaban J connectivity index is 2.44. The minimum atomic E-state index is -3.89. The van der Waals surface area contributed by atoms with E-state index in [1.807, 2.05) is 0 Å². The first-order valence-corrected chi connectivity index (χ1v) is 7.77. The molecule has 0 aliphatic rings. The van der Waals surface area contributed by atoms with Crippen molar-refractivity contribution in [2.24, 2.45) is 0 Å². The molecule has 0 aliphatic heterocycles. The predicted molar refractivity (Wildman–Crippen MR) is 73.6 cm³/mol. The minimum Gasteiger partial charge on any atom is -0.478 e. The Morgan fingerprint density at radius 1 is 1.30 bits per heavy atom. The Bertz CT molecular complexity index is 768. The lowest BCUT2D eigenvalue weighted by Gasteiger charge is -2.09. The predicted octanol–water partition coefficient (Wildman–Crippen LogP) is 1.65. The van der Waals surface area contributed by atoms with Crippen molar-refractivity contribution in [1.29, 1.82) is 0 Å². The van der Waals surface area contributed by atoms with Gasteiger partial charge in [-0.25, -0.2) is 13.2 Å². The summed E-state index contributed by atoms with van der Waals surface area (Å²) < 4.78 is 26.8. The zero-order valence-corrected chi connectivity index (χ0v) is 12.2. The molecular formula is C11H11N3O4S2. The molecule has 0 radical (unpaired) electrons. The summed E-state index contributed by atoms with van der Waals surface area (Å²) >= 11 is 1.10. The van der Waals surface area contributed by atoms with E-state index in [2.05, 4.69) is 14.9 Å². The van der Waals surface area contributed by atoms with E-state index in [9.17, 15) is 13.2 Å². The summed E-state index contributed by atoms with van der Waals surface area (Å²) in [4.78, 5) is 10.9. The standard InChI is InChI=1S/C11H11N3O4S2/c1-6-8(10(15)16)4-3-5-9(6)20(17,18)14-11-13-12-7(2)19-11/h3-5H,1-2H3,(H,13,14)(H,15,16). The van der Waals surface area contributed by atoms with E-state index in [4.69, 9.17) is 5.11 Å². The van der Waals surface area contributed by atoms with Crippen LogP contribution in [-0.4, -0.2) is 29.7 Å². The second-order valence-corrected chi connectivity index (χ2v) is 6.80. The molecule has 0 amide bonds. The number of hydrogen-bond acceptors (Lipinski definition) is 6. The molecule has 0 bridgehead atoms. The number of aryl methyl sites for hydroxylation is 1. The van der Waals surface area contributed by atoms with E-state index >= 15 is 0 Å². The number of nitrogens with zero attached hydrogens (tertiary/aromatic N) is 2. The van der Waals surface area contributed by atoms with Crippen molar-refractivity contribution in [1.82, 2.24) is 10.2 Å². The molecule has 106 valence electrons. The number of anilines is 1. The van der Waals surface area contributed by atoms with Gasteiger partial charge in [0.2, 0.25) is 5.13 Å². The lowest BCUT2D eigenvalue weighted by Crippen LogP contribution is -2.15. The SMILES string of the molecule is Cc1nnc(NS(=O)(=O)c2cccc(C(=O)O)c2C)s1. The van der Waals surface area contributed by atoms with Gasteiger partial charge in [-0.05, 0) is 31.5 Å². The third-order valence-electron chi connectivity index (χ3n) is 2.55. The number of carbonyl (C=O) groups is 1. The molecule has 0 unspecified atom stereocenters. The van der Waals surface area contributed by atoms with Crippen LogP contribution < -0.4 is 4.72 Å². The number of benzene rings is 1. The first-order valence-electron chi connectivity index (χ1n) is 5.47. The van der Waals surface area contributed by atoms with Gasteiger partial charge in [-0.2, -0.15) is 0 Å². The lowest BCUT2D eigenvalue weighted by atomic mass is 10.1. The molecule has 0 saturated heterocycles. The van der Waals surface area contributed by atoms with Crippen molar-refractivity contribution in [3.8, 4) is 0 Å². The van der Waals surface area contributed by atoms with Crippen molar-refractivity contribution < 1.29 is 18.3 Å². The highest BCUT2D eigenvalue weighted by Gasteiger charge is 2.21. The van der Waals surface area contributed by atoms with E-state index in [1.165, 1.54) is 25.1 Å². The molecule has 0 saturated carbocycles. The number of hydrogen-bond donors (Lipinski definition) is 2. The number of sulfonamides is 1. The maximum Gasteiger partial charge on any atom is 0.335 e. The summed E-state index contributed by atoms with van der Waals surface area (Å²) in [7, 11) is -3.89. The molecule has 1 aromatic carbocycles. The van der Waals surface area contributed by atoms with Gasteiger partial charge in [0.1, 0.15) is 5.01 Å². The van der Waals surface area contributed by atoms with E-state index in [0.717, 1.165) is 11.3 Å². The average Bonchev–Trinajstić information content (AvgIpc) is 2.73. The van der Waals surface area contributed by atoms with Crippen LogP contribution in [0.2, 0.25) is 0 Å². The number of carboxylic acid groups (broad SMARTS) is 1. The second-order valence-electron chi connectivity index (χ2n) is 3.97. The number of rotatable bonds is 4. The van der Waals surface area contributed by atoms with Gasteiger partial charge < -0.3 is 5.11 Å². The van der Waals surface area contributed by atoms with Crippen LogP contribution in [0.15, 0.2) is 23.1 Å². The summed E-state index contributed by atoms with van der Waals surface area (Å²) in [6, 6.07) is 4.08. The van der Waals surface area contributed by atoms with Crippen LogP contribution >= 0.6 is 11.3 Å². The monoisotopic (exact) mass is 313 g/mol. The highest BCUT2D eigenvalue weighted by Crippen LogP contribution is 2.23. The maximum absolute atomic E-state index is 12.2. The molecule has 0 atom stereocenters. The van der Waals surface area contributed by atoms with Crippen molar-refractivity contribution >= 4 is 32.5 Å². The summed E-state index contributed by atoms with van der Waals surface area (Å²) in [6.45, 7) is 3.15. The molecule has 2 rings (SSSR count). The van der Waals surface area contributed by atoms with Crippen LogP contribution in [0.1, 0.15) is 20.9 Å². The molecule has 20 heavy (non-hydrogen) atoms. The van der Waals surface area contributed by atoms with Gasteiger partial charge in [0.05, 0.1) is 10.5 Å². The van der Waals surface area contributed by atoms with Gasteiger partial charge in [-0.15, -0.1) is 10.2 Å². The van der Waals surface area contributed by atoms with Crippen LogP contribution in [0.3, 0.4) is 0 Å². The van der Waals surface area contributed by atoms with Crippen LogP contribution in [0, 0.1) is 13.8 Å². The van der Waals surface area contributed by atoms with E-state index in [0.29, 0.717) is 5.01 Å². The molecule has 0 aliphatic carbocycles. The average molecular weight is 313 g/mol. The number of aromatic nitrogens is 2. The molecule has 2 N–H and O–H groups in total. The van der Waals surface area contributed by atoms with Gasteiger partial charge >= 0.3 is 5.97 Å². The largest absolute Gasteiger partial charge is 0.478 e. The van der Waals surface area contributed by atoms with Crippen molar-refractivity contribution in [3.63, 3.8) is 0 Å². The fraction of sp³-hybridized carbons (Fsp3) is 0.182. The quantitative estimate of drug-likeness (QED) is 0.888. The van der Waals surface area contributed by atoms with E-state index in [-0.39, 0.29) is 21.2 Å². The van der Waals surface area contributed by atoms with Gasteiger partial charge in [-0.1, -0.05) is 17.4 Å². The minimum absolute atomic E-state index is 0.0543. The van der Waals surface area contributed by atoms with Crippen molar-refractivity contribution in [2.75, 3.05) is 4.72 Å². The lowest BCUT2D eigenvalue weighted by molar-refractivity contribution is 0.0696. The van der Waals surface area contributed by atoms with Gasteiger partial charge in [0.25, 0.3) is 10.0 Å². The molecule has 1 heterocycles. The third-order valence-corrected chi connectivity index (χ3v) is 4.92. The van der Waals surface area contributed by atoms with Gasteiger partial charge in [-0.3, -0.25) is 4.72 Å². The number of nitrogens with one attached hydrogen (secondary N) is 1. The molecule has 2 aromatic rings. The van der Waals surface area contributed by atoms with Crippen LogP contribution in [0.4, 0.5) is 5.13 Å². The van der Waals surface area contributed by atoms with Crippen LogP contribution in [0.25, 0.3) is 0 Å². The molecule has 9 heteroatoms. The van der Waals surface area contributed by atoms with Crippen LogP contribution in [0.5, 0.6) is 0 Å². The fourth-order valence-electron chi connectivity index (χ4n) is 1.64.